The van der Waals surface area contributed by atoms with Crippen LogP contribution in [0.2, 0.25) is 0 Å². The maximum absolute atomic E-state index is 11.4. The molecule has 108 valence electrons. The second-order valence-electron chi connectivity index (χ2n) is 4.32. The van der Waals surface area contributed by atoms with E-state index in [1.807, 2.05) is 0 Å². The number of carbonyl (C=O) groups is 3. The Bertz CT molecular complexity index is 343. The third kappa shape index (κ3) is 6.05. The lowest BCUT2D eigenvalue weighted by Gasteiger charge is -2.14. The SMILES string of the molecule is COCCNC(=O)CNC(=O)NC(C(=O)O)C1CC1. The predicted molar refractivity (Wildman–Crippen MR) is 65.6 cm³/mol. The molecule has 1 aliphatic rings. The molecule has 0 aliphatic heterocycles. The van der Waals surface area contributed by atoms with Gasteiger partial charge >= 0.3 is 12.0 Å². The van der Waals surface area contributed by atoms with Gasteiger partial charge in [0.2, 0.25) is 5.91 Å². The van der Waals surface area contributed by atoms with Gasteiger partial charge in [0.15, 0.2) is 0 Å². The Balaban J connectivity index is 2.19. The van der Waals surface area contributed by atoms with Crippen molar-refractivity contribution in [2.45, 2.75) is 18.9 Å². The highest BCUT2D eigenvalue weighted by Gasteiger charge is 2.37. The van der Waals surface area contributed by atoms with Crippen molar-refractivity contribution in [2.24, 2.45) is 5.92 Å². The third-order valence-electron chi connectivity index (χ3n) is 2.68. The summed E-state index contributed by atoms with van der Waals surface area (Å²) in [4.78, 5) is 33.6. The molecule has 1 rings (SSSR count). The summed E-state index contributed by atoms with van der Waals surface area (Å²) in [5.74, 6) is -1.41. The summed E-state index contributed by atoms with van der Waals surface area (Å²) in [6, 6.07) is -1.53. The molecule has 19 heavy (non-hydrogen) atoms. The van der Waals surface area contributed by atoms with Crippen molar-refractivity contribution in [3.05, 3.63) is 0 Å². The third-order valence-corrected chi connectivity index (χ3v) is 2.68. The molecule has 8 heteroatoms. The first-order valence-corrected chi connectivity index (χ1v) is 6.07. The topological polar surface area (TPSA) is 117 Å². The molecular formula is C11H19N3O5. The summed E-state index contributed by atoms with van der Waals surface area (Å²) in [5.41, 5.74) is 0. The highest BCUT2D eigenvalue weighted by atomic mass is 16.5. The number of amides is 3. The van der Waals surface area contributed by atoms with Crippen molar-refractivity contribution in [1.29, 1.82) is 0 Å². The highest BCUT2D eigenvalue weighted by molar-refractivity contribution is 5.86. The van der Waals surface area contributed by atoms with E-state index >= 15 is 0 Å². The van der Waals surface area contributed by atoms with Crippen LogP contribution in [0, 0.1) is 5.92 Å². The van der Waals surface area contributed by atoms with E-state index in [1.54, 1.807) is 0 Å². The number of hydrogen-bond acceptors (Lipinski definition) is 4. The molecular weight excluding hydrogens is 254 g/mol. The molecule has 3 amide bonds. The molecule has 1 aliphatic carbocycles. The number of urea groups is 1. The van der Waals surface area contributed by atoms with Gasteiger partial charge < -0.3 is 25.8 Å². The number of ether oxygens (including phenoxy) is 1. The van der Waals surface area contributed by atoms with Gasteiger partial charge in [0.1, 0.15) is 6.04 Å². The number of methoxy groups -OCH3 is 1. The summed E-state index contributed by atoms with van der Waals surface area (Å²) in [5, 5.41) is 16.1. The average molecular weight is 273 g/mol. The van der Waals surface area contributed by atoms with E-state index in [0.717, 1.165) is 12.8 Å². The number of carboxylic acids is 1. The van der Waals surface area contributed by atoms with Crippen molar-refractivity contribution in [3.8, 4) is 0 Å². The molecule has 0 aromatic carbocycles. The van der Waals surface area contributed by atoms with Crippen LogP contribution in [0.1, 0.15) is 12.8 Å². The second-order valence-corrected chi connectivity index (χ2v) is 4.32. The van der Waals surface area contributed by atoms with Crippen LogP contribution in [0.4, 0.5) is 4.79 Å². The minimum Gasteiger partial charge on any atom is -0.480 e. The number of carboxylic acid groups (broad SMARTS) is 1. The van der Waals surface area contributed by atoms with Gasteiger partial charge in [0, 0.05) is 13.7 Å². The van der Waals surface area contributed by atoms with E-state index in [4.69, 9.17) is 9.84 Å². The van der Waals surface area contributed by atoms with Crippen molar-refractivity contribution in [3.63, 3.8) is 0 Å². The van der Waals surface area contributed by atoms with Crippen molar-refractivity contribution < 1.29 is 24.2 Å². The Kier molecular flexibility index (Phi) is 6.07. The van der Waals surface area contributed by atoms with Gasteiger partial charge in [-0.2, -0.15) is 0 Å². The van der Waals surface area contributed by atoms with Gasteiger partial charge in [-0.1, -0.05) is 0 Å². The lowest BCUT2D eigenvalue weighted by molar-refractivity contribution is -0.139. The Morgan fingerprint density at radius 1 is 1.32 bits per heavy atom. The van der Waals surface area contributed by atoms with E-state index in [0.29, 0.717) is 13.2 Å². The Labute approximate surface area is 110 Å². The highest BCUT2D eigenvalue weighted by Crippen LogP contribution is 2.32. The van der Waals surface area contributed by atoms with Gasteiger partial charge in [-0.3, -0.25) is 4.79 Å². The van der Waals surface area contributed by atoms with Gasteiger partial charge in [-0.05, 0) is 18.8 Å². The fraction of sp³-hybridized carbons (Fsp3) is 0.727. The molecule has 1 fully saturated rings. The van der Waals surface area contributed by atoms with Crippen molar-refractivity contribution in [1.82, 2.24) is 16.0 Å². The minimum atomic E-state index is -1.05. The molecule has 0 saturated heterocycles. The van der Waals surface area contributed by atoms with Crippen molar-refractivity contribution >= 4 is 17.9 Å². The quantitative estimate of drug-likeness (QED) is 0.419. The monoisotopic (exact) mass is 273 g/mol. The van der Waals surface area contributed by atoms with E-state index in [2.05, 4.69) is 16.0 Å². The minimum absolute atomic E-state index is 0.00113. The standard InChI is InChI=1S/C11H19N3O5/c1-19-5-4-12-8(15)6-13-11(18)14-9(10(16)17)7-2-3-7/h7,9H,2-6H2,1H3,(H,12,15)(H,16,17)(H2,13,14,18). The predicted octanol–water partition coefficient (Wildman–Crippen LogP) is -1.09. The number of carbonyl (C=O) groups excluding carboxylic acids is 2. The molecule has 1 atom stereocenters. The number of aliphatic carboxylic acids is 1. The van der Waals surface area contributed by atoms with Crippen LogP contribution in [0.15, 0.2) is 0 Å². The fourth-order valence-electron chi connectivity index (χ4n) is 1.52. The first-order valence-electron chi connectivity index (χ1n) is 6.07. The Morgan fingerprint density at radius 3 is 2.53 bits per heavy atom. The molecule has 0 heterocycles. The summed E-state index contributed by atoms with van der Waals surface area (Å²) in [6.45, 7) is 0.547. The van der Waals surface area contributed by atoms with Crippen LogP contribution < -0.4 is 16.0 Å². The number of nitrogens with one attached hydrogen (secondary N) is 3. The molecule has 0 aromatic rings. The molecule has 0 radical (unpaired) electrons. The van der Waals surface area contributed by atoms with Gasteiger partial charge in [0.05, 0.1) is 13.2 Å². The van der Waals surface area contributed by atoms with Crippen LogP contribution in [-0.2, 0) is 14.3 Å². The maximum atomic E-state index is 11.4. The zero-order valence-electron chi connectivity index (χ0n) is 10.8. The number of rotatable bonds is 8. The average Bonchev–Trinajstić information content (AvgIpc) is 3.17. The zero-order chi connectivity index (χ0) is 14.3. The van der Waals surface area contributed by atoms with Crippen molar-refractivity contribution in [2.75, 3.05) is 26.8 Å². The Morgan fingerprint density at radius 2 is 2.00 bits per heavy atom. The molecule has 8 nitrogen and oxygen atoms in total. The second kappa shape index (κ2) is 7.57. The molecule has 1 unspecified atom stereocenters. The summed E-state index contributed by atoms with van der Waals surface area (Å²) in [7, 11) is 1.52. The number of hydrogen-bond donors (Lipinski definition) is 4. The van der Waals surface area contributed by atoms with Gasteiger partial charge in [0.25, 0.3) is 0 Å². The van der Waals surface area contributed by atoms with Gasteiger partial charge in [-0.15, -0.1) is 0 Å². The maximum Gasteiger partial charge on any atom is 0.326 e. The van der Waals surface area contributed by atoms with E-state index in [1.165, 1.54) is 7.11 Å². The summed E-state index contributed by atoms with van der Waals surface area (Å²) < 4.78 is 4.75. The molecule has 0 aromatic heterocycles. The molecule has 4 N–H and O–H groups in total. The van der Waals surface area contributed by atoms with E-state index < -0.39 is 18.0 Å². The lowest BCUT2D eigenvalue weighted by Crippen LogP contribution is -2.49. The molecule has 0 bridgehead atoms. The van der Waals surface area contributed by atoms with Crippen LogP contribution in [0.5, 0.6) is 0 Å². The first kappa shape index (κ1) is 15.2. The van der Waals surface area contributed by atoms with Crippen LogP contribution >= 0.6 is 0 Å². The lowest BCUT2D eigenvalue weighted by atomic mass is 10.2. The van der Waals surface area contributed by atoms with Gasteiger partial charge in [-0.25, -0.2) is 9.59 Å². The van der Waals surface area contributed by atoms with Crippen LogP contribution in [0.3, 0.4) is 0 Å². The largest absolute Gasteiger partial charge is 0.480 e. The normalized spacial score (nSPS) is 15.4. The Hall–Kier alpha value is -1.83. The van der Waals surface area contributed by atoms with Crippen LogP contribution in [0.25, 0.3) is 0 Å². The smallest absolute Gasteiger partial charge is 0.326 e. The van der Waals surface area contributed by atoms with E-state index in [9.17, 15) is 14.4 Å². The summed E-state index contributed by atoms with van der Waals surface area (Å²) in [6.07, 6.45) is 1.60. The first-order chi connectivity index (χ1) is 9.04. The van der Waals surface area contributed by atoms with E-state index in [-0.39, 0.29) is 18.4 Å². The zero-order valence-corrected chi connectivity index (χ0v) is 10.8. The summed E-state index contributed by atoms with van der Waals surface area (Å²) >= 11 is 0. The molecule has 1 saturated carbocycles. The molecule has 0 spiro atoms. The fourth-order valence-corrected chi connectivity index (χ4v) is 1.52. The van der Waals surface area contributed by atoms with Crippen LogP contribution in [-0.4, -0.2) is 55.9 Å².